The van der Waals surface area contributed by atoms with Crippen molar-refractivity contribution < 1.29 is 14.6 Å². The Bertz CT molecular complexity index is 321. The van der Waals surface area contributed by atoms with Crippen LogP contribution in [0.25, 0.3) is 0 Å². The van der Waals surface area contributed by atoms with Gasteiger partial charge in [-0.05, 0) is 33.6 Å². The Balaban J connectivity index is 1.94. The zero-order valence-electron chi connectivity index (χ0n) is 11.5. The number of aliphatic hydroxyl groups excluding tert-OH is 1. The molecule has 5 heteroatoms. The molecule has 5 nitrogen and oxygen atoms in total. The molecule has 104 valence electrons. The Morgan fingerprint density at radius 2 is 2.11 bits per heavy atom. The molecule has 1 amide bonds. The Morgan fingerprint density at radius 3 is 2.61 bits per heavy atom. The van der Waals surface area contributed by atoms with Gasteiger partial charge in [-0.25, -0.2) is 4.79 Å². The van der Waals surface area contributed by atoms with Gasteiger partial charge in [-0.1, -0.05) is 0 Å². The summed E-state index contributed by atoms with van der Waals surface area (Å²) in [5.74, 6) is 0.553. The fraction of sp³-hybridized carbons (Fsp3) is 0.923. The van der Waals surface area contributed by atoms with Crippen LogP contribution in [0.4, 0.5) is 4.79 Å². The van der Waals surface area contributed by atoms with Gasteiger partial charge in [-0.2, -0.15) is 0 Å². The second kappa shape index (κ2) is 4.70. The van der Waals surface area contributed by atoms with Crippen LogP contribution in [0.1, 0.15) is 33.6 Å². The summed E-state index contributed by atoms with van der Waals surface area (Å²) in [6.07, 6.45) is 1.62. The van der Waals surface area contributed by atoms with Crippen molar-refractivity contribution in [2.24, 2.45) is 11.8 Å². The van der Waals surface area contributed by atoms with Crippen LogP contribution >= 0.6 is 0 Å². The molecular weight excluding hydrogens is 232 g/mol. The average Bonchev–Trinajstić information content (AvgIpc) is 2.84. The number of amides is 1. The predicted molar refractivity (Wildman–Crippen MR) is 68.3 cm³/mol. The normalized spacial score (nSPS) is 30.0. The van der Waals surface area contributed by atoms with E-state index in [1.165, 1.54) is 0 Å². The molecule has 0 aromatic heterocycles. The molecule has 0 aromatic rings. The second-order valence-corrected chi connectivity index (χ2v) is 6.49. The van der Waals surface area contributed by atoms with Gasteiger partial charge in [0.15, 0.2) is 0 Å². The highest BCUT2D eigenvalue weighted by molar-refractivity contribution is 5.69. The summed E-state index contributed by atoms with van der Waals surface area (Å²) in [6, 6.07) is 0. The van der Waals surface area contributed by atoms with E-state index in [0.717, 1.165) is 25.9 Å². The van der Waals surface area contributed by atoms with Crippen molar-refractivity contribution in [1.29, 1.82) is 0 Å². The zero-order chi connectivity index (χ0) is 13.4. The summed E-state index contributed by atoms with van der Waals surface area (Å²) in [6.45, 7) is 7.45. The van der Waals surface area contributed by atoms with Gasteiger partial charge in [0.1, 0.15) is 5.60 Å². The molecule has 2 atom stereocenters. The standard InChI is InChI=1S/C13H24N2O3/c1-12(2,3)18-11(17)15-13(4-5-13)10-7-14-6-9(10)8-16/h9-10,14,16H,4-8H2,1-3H3,(H,15,17)/t9-,10-/m0/s1. The van der Waals surface area contributed by atoms with Gasteiger partial charge < -0.3 is 20.5 Å². The van der Waals surface area contributed by atoms with Gasteiger partial charge in [-0.15, -0.1) is 0 Å². The highest BCUT2D eigenvalue weighted by Crippen LogP contribution is 2.46. The van der Waals surface area contributed by atoms with E-state index < -0.39 is 5.60 Å². The van der Waals surface area contributed by atoms with Crippen molar-refractivity contribution in [3.05, 3.63) is 0 Å². The number of alkyl carbamates (subject to hydrolysis) is 1. The first-order valence-corrected chi connectivity index (χ1v) is 6.69. The molecule has 1 aliphatic heterocycles. The smallest absolute Gasteiger partial charge is 0.408 e. The van der Waals surface area contributed by atoms with Gasteiger partial charge in [0.05, 0.1) is 0 Å². The lowest BCUT2D eigenvalue weighted by Crippen LogP contribution is -2.47. The number of rotatable bonds is 3. The maximum atomic E-state index is 11.8. The molecule has 1 saturated carbocycles. The lowest BCUT2D eigenvalue weighted by Gasteiger charge is -2.29. The van der Waals surface area contributed by atoms with Crippen LogP contribution in [0.2, 0.25) is 0 Å². The van der Waals surface area contributed by atoms with Gasteiger partial charge >= 0.3 is 6.09 Å². The van der Waals surface area contributed by atoms with Crippen molar-refractivity contribution in [2.45, 2.75) is 44.8 Å². The molecule has 2 fully saturated rings. The third kappa shape index (κ3) is 2.95. The van der Waals surface area contributed by atoms with Gasteiger partial charge in [0, 0.05) is 37.1 Å². The third-order valence-electron chi connectivity index (χ3n) is 3.82. The van der Waals surface area contributed by atoms with E-state index in [-0.39, 0.29) is 24.2 Å². The third-order valence-corrected chi connectivity index (χ3v) is 3.82. The minimum absolute atomic E-state index is 0.154. The molecule has 0 unspecified atom stereocenters. The molecular formula is C13H24N2O3. The quantitative estimate of drug-likeness (QED) is 0.701. The molecule has 1 heterocycles. The second-order valence-electron chi connectivity index (χ2n) is 6.49. The SMILES string of the molecule is CC(C)(C)OC(=O)NC1([C@H]2CNC[C@H]2CO)CC1. The molecule has 2 aliphatic rings. The maximum absolute atomic E-state index is 11.8. The topological polar surface area (TPSA) is 70.6 Å². The zero-order valence-corrected chi connectivity index (χ0v) is 11.5. The maximum Gasteiger partial charge on any atom is 0.408 e. The monoisotopic (exact) mass is 256 g/mol. The van der Waals surface area contributed by atoms with Gasteiger partial charge in [0.2, 0.25) is 0 Å². The Morgan fingerprint density at radius 1 is 1.44 bits per heavy atom. The fourth-order valence-corrected chi connectivity index (χ4v) is 2.80. The largest absolute Gasteiger partial charge is 0.444 e. The summed E-state index contributed by atoms with van der Waals surface area (Å²) >= 11 is 0. The number of aliphatic hydroxyl groups is 1. The van der Waals surface area contributed by atoms with E-state index in [9.17, 15) is 9.90 Å². The van der Waals surface area contributed by atoms with Crippen LogP contribution in [-0.2, 0) is 4.74 Å². The number of nitrogens with one attached hydrogen (secondary N) is 2. The summed E-state index contributed by atoms with van der Waals surface area (Å²) in [7, 11) is 0. The summed E-state index contributed by atoms with van der Waals surface area (Å²) in [5, 5.41) is 15.7. The number of ether oxygens (including phenoxy) is 1. The highest BCUT2D eigenvalue weighted by atomic mass is 16.6. The summed E-state index contributed by atoms with van der Waals surface area (Å²) in [5.41, 5.74) is -0.621. The van der Waals surface area contributed by atoms with Crippen molar-refractivity contribution >= 4 is 6.09 Å². The molecule has 18 heavy (non-hydrogen) atoms. The van der Waals surface area contributed by atoms with Crippen LogP contribution in [0.5, 0.6) is 0 Å². The number of hydrogen-bond acceptors (Lipinski definition) is 4. The number of carbonyl (C=O) groups excluding carboxylic acids is 1. The van der Waals surface area contributed by atoms with Crippen LogP contribution < -0.4 is 10.6 Å². The first-order chi connectivity index (χ1) is 8.36. The van der Waals surface area contributed by atoms with Gasteiger partial charge in [-0.3, -0.25) is 0 Å². The van der Waals surface area contributed by atoms with Crippen molar-refractivity contribution in [2.75, 3.05) is 19.7 Å². The van der Waals surface area contributed by atoms with Crippen molar-refractivity contribution in [3.63, 3.8) is 0 Å². The fourth-order valence-electron chi connectivity index (χ4n) is 2.80. The lowest BCUT2D eigenvalue weighted by molar-refractivity contribution is 0.0458. The molecule has 1 saturated heterocycles. The minimum atomic E-state index is -0.468. The minimum Gasteiger partial charge on any atom is -0.444 e. The van der Waals surface area contributed by atoms with E-state index in [1.54, 1.807) is 0 Å². The molecule has 3 N–H and O–H groups in total. The average molecular weight is 256 g/mol. The summed E-state index contributed by atoms with van der Waals surface area (Å²) < 4.78 is 5.31. The van der Waals surface area contributed by atoms with Crippen LogP contribution in [-0.4, -0.2) is 42.0 Å². The molecule has 0 aromatic carbocycles. The van der Waals surface area contributed by atoms with Crippen LogP contribution in [0.15, 0.2) is 0 Å². The molecule has 1 aliphatic carbocycles. The molecule has 2 rings (SSSR count). The first kappa shape index (κ1) is 13.6. The molecule has 0 radical (unpaired) electrons. The van der Waals surface area contributed by atoms with E-state index >= 15 is 0 Å². The number of hydrogen-bond donors (Lipinski definition) is 3. The lowest BCUT2D eigenvalue weighted by atomic mass is 9.87. The van der Waals surface area contributed by atoms with E-state index in [2.05, 4.69) is 10.6 Å². The first-order valence-electron chi connectivity index (χ1n) is 6.69. The molecule has 0 spiro atoms. The van der Waals surface area contributed by atoms with Crippen molar-refractivity contribution in [3.8, 4) is 0 Å². The van der Waals surface area contributed by atoms with Crippen LogP contribution in [0.3, 0.4) is 0 Å². The van der Waals surface area contributed by atoms with Gasteiger partial charge in [0.25, 0.3) is 0 Å². The van der Waals surface area contributed by atoms with E-state index in [1.807, 2.05) is 20.8 Å². The summed E-state index contributed by atoms with van der Waals surface area (Å²) in [4.78, 5) is 11.8. The predicted octanol–water partition coefficient (Wildman–Crippen LogP) is 0.872. The Hall–Kier alpha value is -0.810. The Labute approximate surface area is 108 Å². The molecule has 0 bridgehead atoms. The van der Waals surface area contributed by atoms with E-state index in [0.29, 0.717) is 5.92 Å². The number of carbonyl (C=O) groups is 1. The Kier molecular flexibility index (Phi) is 3.56. The van der Waals surface area contributed by atoms with Crippen molar-refractivity contribution in [1.82, 2.24) is 10.6 Å². The van der Waals surface area contributed by atoms with E-state index in [4.69, 9.17) is 4.74 Å². The highest BCUT2D eigenvalue weighted by Gasteiger charge is 2.54. The van der Waals surface area contributed by atoms with Crippen LogP contribution in [0, 0.1) is 11.8 Å².